The Hall–Kier alpha value is -2.79. The largest absolute Gasteiger partial charge is 0.508 e. The Morgan fingerprint density at radius 3 is 2.69 bits per heavy atom. The number of aromatic nitrogens is 1. The van der Waals surface area contributed by atoms with Gasteiger partial charge in [-0.3, -0.25) is 4.98 Å². The lowest BCUT2D eigenvalue weighted by atomic mass is 10.0. The molecule has 1 atom stereocenters. The Balaban J connectivity index is 1.59. The van der Waals surface area contributed by atoms with Gasteiger partial charge >= 0.3 is 0 Å². The van der Waals surface area contributed by atoms with Gasteiger partial charge in [-0.15, -0.1) is 0 Å². The van der Waals surface area contributed by atoms with E-state index in [1.54, 1.807) is 48.7 Å². The van der Waals surface area contributed by atoms with E-state index in [4.69, 9.17) is 4.74 Å². The van der Waals surface area contributed by atoms with Crippen molar-refractivity contribution in [3.05, 3.63) is 65.9 Å². The first kappa shape index (κ1) is 23.9. The zero-order valence-electron chi connectivity index (χ0n) is 18.8. The molecule has 170 valence electrons. The van der Waals surface area contributed by atoms with Crippen LogP contribution >= 0.6 is 0 Å². The summed E-state index contributed by atoms with van der Waals surface area (Å²) >= 11 is 0. The summed E-state index contributed by atoms with van der Waals surface area (Å²) in [6.45, 7) is 5.05. The average molecular weight is 440 g/mol. The minimum Gasteiger partial charge on any atom is -0.508 e. The molecule has 0 saturated carbocycles. The molecular weight excluding hydrogens is 408 g/mol. The molecule has 0 radical (unpaired) electrons. The lowest BCUT2D eigenvalue weighted by Crippen LogP contribution is -2.08. The fourth-order valence-electron chi connectivity index (χ4n) is 3.62. The molecule has 1 heterocycles. The summed E-state index contributed by atoms with van der Waals surface area (Å²) < 4.78 is 35.2. The highest BCUT2D eigenvalue weighted by molar-refractivity contribution is 5.86. The molecule has 3 nitrogen and oxygen atoms in total. The first-order valence-electron chi connectivity index (χ1n) is 11.3. The van der Waals surface area contributed by atoms with Crippen LogP contribution in [0.15, 0.2) is 48.7 Å². The van der Waals surface area contributed by atoms with Crippen LogP contribution in [0.1, 0.15) is 57.9 Å². The van der Waals surface area contributed by atoms with E-state index >= 15 is 0 Å². The second-order valence-corrected chi connectivity index (χ2v) is 8.15. The minimum absolute atomic E-state index is 0.115. The summed E-state index contributed by atoms with van der Waals surface area (Å²) in [4.78, 5) is 4.24. The normalized spacial score (nSPS) is 12.6. The summed E-state index contributed by atoms with van der Waals surface area (Å²) in [5.74, 6) is -1.65. The summed E-state index contributed by atoms with van der Waals surface area (Å²) in [6, 6.07) is 9.67. The number of benzene rings is 2. The number of hydrogen-bond acceptors (Lipinski definition) is 3. The summed E-state index contributed by atoms with van der Waals surface area (Å²) in [5, 5.41) is 11.1. The Morgan fingerprint density at radius 1 is 1.03 bits per heavy atom. The topological polar surface area (TPSA) is 42.4 Å². The number of phenolic OH excluding ortho intramolecular Hbond substituents is 1. The van der Waals surface area contributed by atoms with Gasteiger partial charge in [0.2, 0.25) is 0 Å². The van der Waals surface area contributed by atoms with Gasteiger partial charge in [0.25, 0.3) is 0 Å². The number of unbranched alkanes of at least 4 members (excludes halogenated alkanes) is 3. The number of aromatic hydroxyl groups is 1. The van der Waals surface area contributed by atoms with Crippen molar-refractivity contribution in [3.8, 4) is 17.0 Å². The molecule has 0 fully saturated rings. The van der Waals surface area contributed by atoms with Crippen LogP contribution in [-0.4, -0.2) is 22.8 Å². The molecule has 3 rings (SSSR count). The third kappa shape index (κ3) is 6.36. The molecule has 0 aliphatic carbocycles. The Kier molecular flexibility index (Phi) is 8.74. The Morgan fingerprint density at radius 2 is 1.88 bits per heavy atom. The molecule has 0 spiro atoms. The van der Waals surface area contributed by atoms with Gasteiger partial charge in [-0.2, -0.15) is 0 Å². The van der Waals surface area contributed by atoms with Crippen LogP contribution in [0, 0.1) is 11.6 Å². The van der Waals surface area contributed by atoms with Crippen LogP contribution in [-0.2, 0) is 4.74 Å². The number of ether oxygens (including phenoxy) is 1. The van der Waals surface area contributed by atoms with Crippen molar-refractivity contribution in [2.45, 2.75) is 58.5 Å². The Bertz CT molecular complexity index is 1060. The number of halogens is 2. The number of hydrogen-bond donors (Lipinski definition) is 1. The van der Waals surface area contributed by atoms with Crippen LogP contribution in [0.25, 0.3) is 28.1 Å². The number of nitrogens with zero attached hydrogens (tertiary/aromatic N) is 1. The first-order valence-corrected chi connectivity index (χ1v) is 11.3. The van der Waals surface area contributed by atoms with E-state index < -0.39 is 11.6 Å². The van der Waals surface area contributed by atoms with Gasteiger partial charge in [-0.05, 0) is 62.3 Å². The lowest BCUT2D eigenvalue weighted by molar-refractivity contribution is 0.0566. The monoisotopic (exact) mass is 439 g/mol. The number of pyridine rings is 1. The highest BCUT2D eigenvalue weighted by atomic mass is 19.2. The van der Waals surface area contributed by atoms with E-state index in [0.29, 0.717) is 5.69 Å². The molecule has 32 heavy (non-hydrogen) atoms. The number of allylic oxidation sites excluding steroid dienone is 1. The summed E-state index contributed by atoms with van der Waals surface area (Å²) in [6.07, 6.45) is 11.4. The maximum atomic E-state index is 14.8. The molecule has 5 heteroatoms. The summed E-state index contributed by atoms with van der Waals surface area (Å²) in [5.41, 5.74) is 0.688. The van der Waals surface area contributed by atoms with Crippen molar-refractivity contribution in [1.29, 1.82) is 0 Å². The predicted octanol–water partition coefficient (Wildman–Crippen LogP) is 7.66. The van der Waals surface area contributed by atoms with E-state index in [9.17, 15) is 13.9 Å². The van der Waals surface area contributed by atoms with E-state index in [1.807, 2.05) is 6.08 Å². The molecule has 0 aliphatic heterocycles. The highest BCUT2D eigenvalue weighted by Crippen LogP contribution is 2.29. The molecule has 0 aliphatic rings. The van der Waals surface area contributed by atoms with Crippen LogP contribution in [0.4, 0.5) is 8.78 Å². The first-order chi connectivity index (χ1) is 15.5. The van der Waals surface area contributed by atoms with Gasteiger partial charge in [0.15, 0.2) is 11.6 Å². The standard InChI is InChI=1S/C27H31F2NO2/c1-3-4-8-15-32-19(2)9-6-5-7-10-20-12-14-24(27(29)26(20)28)25-17-21-11-13-23(31)16-22(21)18-30-25/h7,10-14,16-19,31H,3-6,8-9,15H2,1-2H3. The molecular formula is C27H31F2NO2. The van der Waals surface area contributed by atoms with E-state index in [-0.39, 0.29) is 23.0 Å². The quantitative estimate of drug-likeness (QED) is 0.312. The van der Waals surface area contributed by atoms with Gasteiger partial charge in [0.05, 0.1) is 11.8 Å². The van der Waals surface area contributed by atoms with Gasteiger partial charge in [-0.25, -0.2) is 8.78 Å². The molecule has 0 bridgehead atoms. The van der Waals surface area contributed by atoms with E-state index in [0.717, 1.165) is 43.1 Å². The minimum atomic E-state index is -0.910. The van der Waals surface area contributed by atoms with Crippen molar-refractivity contribution in [3.63, 3.8) is 0 Å². The van der Waals surface area contributed by atoms with Crippen LogP contribution in [0.3, 0.4) is 0 Å². The number of rotatable bonds is 11. The lowest BCUT2D eigenvalue weighted by Gasteiger charge is -2.12. The molecule has 1 N–H and O–H groups in total. The fraction of sp³-hybridized carbons (Fsp3) is 0.370. The van der Waals surface area contributed by atoms with Gasteiger partial charge in [0.1, 0.15) is 5.75 Å². The molecule has 2 aromatic carbocycles. The average Bonchev–Trinajstić information content (AvgIpc) is 2.79. The van der Waals surface area contributed by atoms with Crippen molar-refractivity contribution in [1.82, 2.24) is 4.98 Å². The zero-order valence-corrected chi connectivity index (χ0v) is 18.8. The van der Waals surface area contributed by atoms with Gasteiger partial charge < -0.3 is 9.84 Å². The smallest absolute Gasteiger partial charge is 0.168 e. The van der Waals surface area contributed by atoms with Crippen molar-refractivity contribution in [2.24, 2.45) is 0 Å². The fourth-order valence-corrected chi connectivity index (χ4v) is 3.62. The maximum Gasteiger partial charge on any atom is 0.168 e. The molecule has 1 unspecified atom stereocenters. The summed E-state index contributed by atoms with van der Waals surface area (Å²) in [7, 11) is 0. The molecule has 0 amide bonds. The van der Waals surface area contributed by atoms with Crippen molar-refractivity contribution in [2.75, 3.05) is 6.61 Å². The maximum absolute atomic E-state index is 14.8. The van der Waals surface area contributed by atoms with E-state index in [2.05, 4.69) is 18.8 Å². The molecule has 0 saturated heterocycles. The van der Waals surface area contributed by atoms with Crippen molar-refractivity contribution >= 4 is 16.8 Å². The van der Waals surface area contributed by atoms with E-state index in [1.165, 1.54) is 12.8 Å². The third-order valence-corrected chi connectivity index (χ3v) is 5.52. The number of phenols is 1. The second kappa shape index (κ2) is 11.7. The van der Waals surface area contributed by atoms with Crippen LogP contribution < -0.4 is 0 Å². The molecule has 3 aromatic rings. The van der Waals surface area contributed by atoms with Crippen LogP contribution in [0.5, 0.6) is 5.75 Å². The highest BCUT2D eigenvalue weighted by Gasteiger charge is 2.15. The van der Waals surface area contributed by atoms with Gasteiger partial charge in [-0.1, -0.05) is 44.1 Å². The van der Waals surface area contributed by atoms with Gasteiger partial charge in [0, 0.05) is 29.3 Å². The SMILES string of the molecule is CCCCCOC(C)CCCC=Cc1ccc(-c2cc3ccc(O)cc3cn2)c(F)c1F. The number of fused-ring (bicyclic) bond motifs is 1. The zero-order chi connectivity index (χ0) is 22.9. The third-order valence-electron chi connectivity index (χ3n) is 5.52. The molecule has 1 aromatic heterocycles. The second-order valence-electron chi connectivity index (χ2n) is 8.15. The Labute approximate surface area is 188 Å². The predicted molar refractivity (Wildman–Crippen MR) is 127 cm³/mol. The van der Waals surface area contributed by atoms with Crippen molar-refractivity contribution < 1.29 is 18.6 Å². The van der Waals surface area contributed by atoms with Crippen LogP contribution in [0.2, 0.25) is 0 Å².